The van der Waals surface area contributed by atoms with Gasteiger partial charge >= 0.3 is 0 Å². The zero-order valence-corrected chi connectivity index (χ0v) is 4.44. The molecule has 0 spiro atoms. The van der Waals surface area contributed by atoms with Gasteiger partial charge in [0.05, 0.1) is 13.2 Å². The molecule has 0 saturated heterocycles. The molecule has 0 rings (SSSR count). The minimum Gasteiger partial charge on any atom is -0.379 e. The van der Waals surface area contributed by atoms with Crippen molar-refractivity contribution in [2.45, 2.75) is 6.92 Å². The van der Waals surface area contributed by atoms with Crippen molar-refractivity contribution in [1.82, 2.24) is 0 Å². The average molecular weight is 101 g/mol. The van der Waals surface area contributed by atoms with Gasteiger partial charge in [-0.1, -0.05) is 0 Å². The molecule has 7 heavy (non-hydrogen) atoms. The van der Waals surface area contributed by atoms with E-state index in [9.17, 15) is 0 Å². The lowest BCUT2D eigenvalue weighted by Crippen LogP contribution is -1.99. The zero-order chi connectivity index (χ0) is 5.54. The summed E-state index contributed by atoms with van der Waals surface area (Å²) in [6.45, 7) is 3.50. The third kappa shape index (κ3) is 5.92. The van der Waals surface area contributed by atoms with Crippen molar-refractivity contribution >= 4 is 0 Å². The first-order chi connectivity index (χ1) is 3.41. The van der Waals surface area contributed by atoms with Crippen LogP contribution in [0.15, 0.2) is 0 Å². The predicted octanol–water partition coefficient (Wildman–Crippen LogP) is 0.585. The number of hydrogen-bond donors (Lipinski definition) is 0. The molecule has 2 nitrogen and oxygen atoms in total. The molecule has 3 radical (unpaired) electrons. The van der Waals surface area contributed by atoms with Gasteiger partial charge in [-0.05, 0) is 6.92 Å². The van der Waals surface area contributed by atoms with Crippen molar-refractivity contribution < 1.29 is 9.47 Å². The first kappa shape index (κ1) is 6.92. The highest BCUT2D eigenvalue weighted by atomic mass is 16.5. The molecule has 0 fully saturated rings. The van der Waals surface area contributed by atoms with Gasteiger partial charge in [0.25, 0.3) is 0 Å². The standard InChI is InChI=1S/C5H9O2/c1-3-7-5-4-6-2/h3-5H2,1H3. The molecule has 0 atom stereocenters. The van der Waals surface area contributed by atoms with E-state index >= 15 is 0 Å². The maximum Gasteiger partial charge on any atom is 0.173 e. The minimum absolute atomic E-state index is 0.369. The van der Waals surface area contributed by atoms with Gasteiger partial charge in [0.15, 0.2) is 7.11 Å². The van der Waals surface area contributed by atoms with Gasteiger partial charge in [0, 0.05) is 6.61 Å². The molecule has 0 aromatic rings. The van der Waals surface area contributed by atoms with E-state index in [1.54, 1.807) is 0 Å². The molecule has 2 heteroatoms. The Bertz CT molecular complexity index is 25.3. The third-order valence-corrected chi connectivity index (χ3v) is 0.534. The van der Waals surface area contributed by atoms with Crippen LogP contribution in [0, 0.1) is 7.11 Å². The maximum absolute atomic E-state index is 6.20. The lowest BCUT2D eigenvalue weighted by molar-refractivity contribution is 0.0911. The highest BCUT2D eigenvalue weighted by Gasteiger charge is 1.78. The van der Waals surface area contributed by atoms with Crippen molar-refractivity contribution in [3.63, 3.8) is 0 Å². The van der Waals surface area contributed by atoms with E-state index in [2.05, 4.69) is 4.74 Å². The molecule has 0 amide bonds. The Balaban J connectivity index is 2.45. The van der Waals surface area contributed by atoms with Gasteiger partial charge in [-0.3, -0.25) is 0 Å². The van der Waals surface area contributed by atoms with Crippen LogP contribution in [0.3, 0.4) is 0 Å². The average Bonchev–Trinajstić information content (AvgIpc) is 1.69. The van der Waals surface area contributed by atoms with Gasteiger partial charge in [0.1, 0.15) is 0 Å². The monoisotopic (exact) mass is 101 g/mol. The van der Waals surface area contributed by atoms with Crippen molar-refractivity contribution in [2.24, 2.45) is 0 Å². The zero-order valence-electron chi connectivity index (χ0n) is 4.44. The van der Waals surface area contributed by atoms with Crippen molar-refractivity contribution in [3.05, 3.63) is 7.11 Å². The summed E-state index contributed by atoms with van der Waals surface area (Å²) >= 11 is 0. The first-order valence-electron chi connectivity index (χ1n) is 2.28. The van der Waals surface area contributed by atoms with Crippen LogP contribution in [0.5, 0.6) is 0 Å². The van der Waals surface area contributed by atoms with Gasteiger partial charge < -0.3 is 9.47 Å². The Morgan fingerprint density at radius 1 is 1.43 bits per heavy atom. The SMILES string of the molecule is [C]OCCOCC. The summed E-state index contributed by atoms with van der Waals surface area (Å²) in [5.41, 5.74) is 0. The Morgan fingerprint density at radius 3 is 2.57 bits per heavy atom. The molecular formula is C5H9O2. The van der Waals surface area contributed by atoms with Gasteiger partial charge in [-0.25, -0.2) is 0 Å². The fraction of sp³-hybridized carbons (Fsp3) is 0.800. The van der Waals surface area contributed by atoms with Crippen molar-refractivity contribution in [1.29, 1.82) is 0 Å². The quantitative estimate of drug-likeness (QED) is 0.482. The molecule has 0 N–H and O–H groups in total. The summed E-state index contributed by atoms with van der Waals surface area (Å²) in [5.74, 6) is 0. The molecule has 0 aliphatic rings. The number of ether oxygens (including phenoxy) is 2. The van der Waals surface area contributed by atoms with E-state index < -0.39 is 0 Å². The fourth-order valence-electron chi connectivity index (χ4n) is 0.245. The van der Waals surface area contributed by atoms with E-state index in [1.807, 2.05) is 6.92 Å². The molecule has 0 heterocycles. The van der Waals surface area contributed by atoms with Crippen molar-refractivity contribution in [2.75, 3.05) is 19.8 Å². The van der Waals surface area contributed by atoms with E-state index in [4.69, 9.17) is 11.8 Å². The molecule has 0 saturated carbocycles. The Hall–Kier alpha value is -0.0800. The number of rotatable bonds is 4. The van der Waals surface area contributed by atoms with Crippen LogP contribution < -0.4 is 0 Å². The summed E-state index contributed by atoms with van der Waals surface area (Å²) in [6, 6.07) is 0. The molecule has 0 aliphatic carbocycles. The molecule has 0 unspecified atom stereocenters. The van der Waals surface area contributed by atoms with Gasteiger partial charge in [0.2, 0.25) is 0 Å². The normalized spacial score (nSPS) is 9.43. The van der Waals surface area contributed by atoms with E-state index in [0.29, 0.717) is 19.8 Å². The topological polar surface area (TPSA) is 18.5 Å². The smallest absolute Gasteiger partial charge is 0.173 e. The second-order valence-electron chi connectivity index (χ2n) is 1.05. The maximum atomic E-state index is 6.20. The lowest BCUT2D eigenvalue weighted by atomic mass is 10.7. The summed E-state index contributed by atoms with van der Waals surface area (Å²) in [5, 5.41) is 0. The Morgan fingerprint density at radius 2 is 2.14 bits per heavy atom. The molecular weight excluding hydrogens is 92.1 g/mol. The van der Waals surface area contributed by atoms with Crippen LogP contribution in [-0.4, -0.2) is 19.8 Å². The van der Waals surface area contributed by atoms with Crippen LogP contribution in [0.2, 0.25) is 0 Å². The fourth-order valence-corrected chi connectivity index (χ4v) is 0.245. The Labute approximate surface area is 44.4 Å². The van der Waals surface area contributed by atoms with Crippen LogP contribution in [0.4, 0.5) is 0 Å². The van der Waals surface area contributed by atoms with Crippen LogP contribution in [0.1, 0.15) is 6.92 Å². The number of hydrogen-bond acceptors (Lipinski definition) is 2. The lowest BCUT2D eigenvalue weighted by Gasteiger charge is -1.95. The molecule has 0 bridgehead atoms. The highest BCUT2D eigenvalue weighted by molar-refractivity contribution is 4.24. The van der Waals surface area contributed by atoms with Crippen LogP contribution in [0.25, 0.3) is 0 Å². The van der Waals surface area contributed by atoms with E-state index in [1.165, 1.54) is 0 Å². The summed E-state index contributed by atoms with van der Waals surface area (Å²) in [6.07, 6.45) is 0. The molecule has 0 aliphatic heterocycles. The summed E-state index contributed by atoms with van der Waals surface area (Å²) in [4.78, 5) is 0. The van der Waals surface area contributed by atoms with Crippen LogP contribution in [-0.2, 0) is 9.47 Å². The molecule has 41 valence electrons. The first-order valence-corrected chi connectivity index (χ1v) is 2.28. The second kappa shape index (κ2) is 5.92. The second-order valence-corrected chi connectivity index (χ2v) is 1.05. The molecule has 0 aromatic heterocycles. The Kier molecular flexibility index (Phi) is 5.85. The highest BCUT2D eigenvalue weighted by Crippen LogP contribution is 1.72. The van der Waals surface area contributed by atoms with Gasteiger partial charge in [-0.15, -0.1) is 0 Å². The summed E-state index contributed by atoms with van der Waals surface area (Å²) in [7, 11) is 6.20. The van der Waals surface area contributed by atoms with Crippen molar-refractivity contribution in [3.8, 4) is 0 Å². The largest absolute Gasteiger partial charge is 0.379 e. The minimum atomic E-state index is 0.369. The predicted molar refractivity (Wildman–Crippen MR) is 25.7 cm³/mol. The third-order valence-electron chi connectivity index (χ3n) is 0.534. The van der Waals surface area contributed by atoms with Gasteiger partial charge in [-0.2, -0.15) is 0 Å². The van der Waals surface area contributed by atoms with E-state index in [0.717, 1.165) is 0 Å². The van der Waals surface area contributed by atoms with E-state index in [-0.39, 0.29) is 0 Å². The molecule has 0 aromatic carbocycles. The van der Waals surface area contributed by atoms with Crippen LogP contribution >= 0.6 is 0 Å². The summed E-state index contributed by atoms with van der Waals surface area (Å²) < 4.78 is 8.80.